The van der Waals surface area contributed by atoms with Gasteiger partial charge in [0, 0.05) is 17.1 Å². The third-order valence-corrected chi connectivity index (χ3v) is 3.23. The summed E-state index contributed by atoms with van der Waals surface area (Å²) in [5, 5.41) is 3.44. The summed E-state index contributed by atoms with van der Waals surface area (Å²) in [5.41, 5.74) is 5.44. The molecule has 2 heteroatoms. The van der Waals surface area contributed by atoms with Crippen LogP contribution >= 0.6 is 15.9 Å². The fraction of sp³-hybridized carbons (Fsp3) is 0.429. The van der Waals surface area contributed by atoms with Gasteiger partial charge in [0.1, 0.15) is 0 Å². The van der Waals surface area contributed by atoms with Gasteiger partial charge in [-0.05, 0) is 49.9 Å². The molecule has 1 rings (SSSR count). The predicted octanol–water partition coefficient (Wildman–Crippen LogP) is 4.17. The number of aryl methyl sites for hydroxylation is 3. The van der Waals surface area contributed by atoms with Gasteiger partial charge < -0.3 is 5.32 Å². The number of benzene rings is 1. The van der Waals surface area contributed by atoms with Crippen LogP contribution in [-0.4, -0.2) is 6.54 Å². The molecule has 1 atom stereocenters. The van der Waals surface area contributed by atoms with Crippen molar-refractivity contribution in [3.05, 3.63) is 45.4 Å². The van der Waals surface area contributed by atoms with Crippen LogP contribution in [0.2, 0.25) is 0 Å². The molecule has 88 valence electrons. The summed E-state index contributed by atoms with van der Waals surface area (Å²) in [5.74, 6) is 0. The maximum atomic E-state index is 3.83. The van der Waals surface area contributed by atoms with Crippen LogP contribution in [-0.2, 0) is 0 Å². The first-order valence-electron chi connectivity index (χ1n) is 5.56. The Labute approximate surface area is 107 Å². The van der Waals surface area contributed by atoms with Crippen LogP contribution in [0, 0.1) is 20.8 Å². The van der Waals surface area contributed by atoms with Crippen LogP contribution < -0.4 is 5.32 Å². The minimum absolute atomic E-state index is 0.355. The molecule has 0 saturated heterocycles. The van der Waals surface area contributed by atoms with E-state index in [1.54, 1.807) is 0 Å². The molecule has 1 aromatic carbocycles. The summed E-state index contributed by atoms with van der Waals surface area (Å²) >= 11 is 3.36. The predicted molar refractivity (Wildman–Crippen MR) is 75.1 cm³/mol. The molecule has 0 fully saturated rings. The molecule has 0 amide bonds. The lowest BCUT2D eigenvalue weighted by molar-refractivity contribution is 0.612. The topological polar surface area (TPSA) is 12.0 Å². The van der Waals surface area contributed by atoms with E-state index in [9.17, 15) is 0 Å². The van der Waals surface area contributed by atoms with Crippen molar-refractivity contribution in [2.24, 2.45) is 0 Å². The third-order valence-electron chi connectivity index (χ3n) is 2.95. The maximum absolute atomic E-state index is 3.83. The zero-order valence-electron chi connectivity index (χ0n) is 10.5. The first-order valence-corrected chi connectivity index (χ1v) is 6.35. The molecular weight excluding hydrogens is 262 g/mol. The Morgan fingerprint density at radius 1 is 1.25 bits per heavy atom. The average molecular weight is 282 g/mol. The van der Waals surface area contributed by atoms with E-state index < -0.39 is 0 Å². The summed E-state index contributed by atoms with van der Waals surface area (Å²) in [6, 6.07) is 4.89. The number of hydrogen-bond donors (Lipinski definition) is 1. The Hall–Kier alpha value is -0.600. The standard InChI is InChI=1S/C14H20BrN/c1-9-6-11(3)14(7-10(9)2)13(5)16-8-12(4)15/h6-7,13,16H,4,8H2,1-3,5H3. The highest BCUT2D eigenvalue weighted by Gasteiger charge is 2.09. The quantitative estimate of drug-likeness (QED) is 0.874. The smallest absolute Gasteiger partial charge is 0.0297 e. The van der Waals surface area contributed by atoms with E-state index in [1.807, 2.05) is 0 Å². The summed E-state index contributed by atoms with van der Waals surface area (Å²) in [6.45, 7) is 13.3. The zero-order valence-corrected chi connectivity index (χ0v) is 12.1. The van der Waals surface area contributed by atoms with Crippen molar-refractivity contribution < 1.29 is 0 Å². The van der Waals surface area contributed by atoms with E-state index in [1.165, 1.54) is 22.3 Å². The van der Waals surface area contributed by atoms with E-state index >= 15 is 0 Å². The molecule has 0 radical (unpaired) electrons. The third kappa shape index (κ3) is 3.46. The van der Waals surface area contributed by atoms with Gasteiger partial charge in [-0.25, -0.2) is 0 Å². The maximum Gasteiger partial charge on any atom is 0.0297 e. The highest BCUT2D eigenvalue weighted by atomic mass is 79.9. The molecule has 1 nitrogen and oxygen atoms in total. The molecule has 0 heterocycles. The molecule has 0 saturated carbocycles. The Balaban J connectivity index is 2.86. The molecule has 0 aliphatic rings. The SMILES string of the molecule is C=C(Br)CNC(C)c1cc(C)c(C)cc1C. The van der Waals surface area contributed by atoms with Crippen molar-refractivity contribution in [1.82, 2.24) is 5.32 Å². The fourth-order valence-electron chi connectivity index (χ4n) is 1.82. The Morgan fingerprint density at radius 3 is 2.38 bits per heavy atom. The van der Waals surface area contributed by atoms with Crippen molar-refractivity contribution in [3.63, 3.8) is 0 Å². The number of nitrogens with one attached hydrogen (secondary N) is 1. The van der Waals surface area contributed by atoms with Gasteiger partial charge in [-0.3, -0.25) is 0 Å². The van der Waals surface area contributed by atoms with E-state index in [-0.39, 0.29) is 0 Å². The monoisotopic (exact) mass is 281 g/mol. The van der Waals surface area contributed by atoms with Crippen LogP contribution in [0.15, 0.2) is 23.2 Å². The molecule has 0 aliphatic heterocycles. The van der Waals surface area contributed by atoms with E-state index in [4.69, 9.17) is 0 Å². The summed E-state index contributed by atoms with van der Waals surface area (Å²) in [6.07, 6.45) is 0. The van der Waals surface area contributed by atoms with Gasteiger partial charge in [-0.2, -0.15) is 0 Å². The Bertz CT molecular complexity index is 396. The van der Waals surface area contributed by atoms with Crippen LogP contribution in [0.5, 0.6) is 0 Å². The van der Waals surface area contributed by atoms with Crippen LogP contribution in [0.4, 0.5) is 0 Å². The second-order valence-electron chi connectivity index (χ2n) is 4.41. The number of rotatable bonds is 4. The van der Waals surface area contributed by atoms with Gasteiger partial charge in [0.05, 0.1) is 0 Å². The zero-order chi connectivity index (χ0) is 12.3. The number of halogens is 1. The molecule has 0 aromatic heterocycles. The van der Waals surface area contributed by atoms with Crippen molar-refractivity contribution >= 4 is 15.9 Å². The van der Waals surface area contributed by atoms with Crippen LogP contribution in [0.1, 0.15) is 35.2 Å². The van der Waals surface area contributed by atoms with Crippen molar-refractivity contribution in [3.8, 4) is 0 Å². The van der Waals surface area contributed by atoms with Gasteiger partial charge >= 0.3 is 0 Å². The van der Waals surface area contributed by atoms with Crippen molar-refractivity contribution in [2.75, 3.05) is 6.54 Å². The minimum Gasteiger partial charge on any atom is -0.306 e. The van der Waals surface area contributed by atoms with Gasteiger partial charge in [-0.1, -0.05) is 34.6 Å². The van der Waals surface area contributed by atoms with Crippen LogP contribution in [0.3, 0.4) is 0 Å². The summed E-state index contributed by atoms with van der Waals surface area (Å²) < 4.78 is 0.987. The molecule has 1 unspecified atom stereocenters. The lowest BCUT2D eigenvalue weighted by atomic mass is 9.96. The van der Waals surface area contributed by atoms with Gasteiger partial charge in [0.25, 0.3) is 0 Å². The first kappa shape index (κ1) is 13.5. The van der Waals surface area contributed by atoms with Gasteiger partial charge in [-0.15, -0.1) is 0 Å². The second kappa shape index (κ2) is 5.65. The molecular formula is C14H20BrN. The normalized spacial score (nSPS) is 12.6. The largest absolute Gasteiger partial charge is 0.306 e. The van der Waals surface area contributed by atoms with Crippen molar-refractivity contribution in [1.29, 1.82) is 0 Å². The van der Waals surface area contributed by atoms with E-state index in [0.29, 0.717) is 6.04 Å². The second-order valence-corrected chi connectivity index (χ2v) is 5.53. The lowest BCUT2D eigenvalue weighted by Gasteiger charge is -2.18. The molecule has 0 spiro atoms. The minimum atomic E-state index is 0.355. The lowest BCUT2D eigenvalue weighted by Crippen LogP contribution is -2.20. The summed E-state index contributed by atoms with van der Waals surface area (Å²) in [4.78, 5) is 0. The molecule has 1 aromatic rings. The van der Waals surface area contributed by atoms with E-state index in [2.05, 4.69) is 67.7 Å². The first-order chi connectivity index (χ1) is 7.41. The van der Waals surface area contributed by atoms with Crippen LogP contribution in [0.25, 0.3) is 0 Å². The molecule has 1 N–H and O–H groups in total. The number of hydrogen-bond acceptors (Lipinski definition) is 1. The summed E-state index contributed by atoms with van der Waals surface area (Å²) in [7, 11) is 0. The average Bonchev–Trinajstić information content (AvgIpc) is 2.20. The highest BCUT2D eigenvalue weighted by molar-refractivity contribution is 9.11. The molecule has 16 heavy (non-hydrogen) atoms. The Morgan fingerprint density at radius 2 is 1.81 bits per heavy atom. The molecule has 0 bridgehead atoms. The van der Waals surface area contributed by atoms with Gasteiger partial charge in [0.2, 0.25) is 0 Å². The highest BCUT2D eigenvalue weighted by Crippen LogP contribution is 2.21. The van der Waals surface area contributed by atoms with Crippen molar-refractivity contribution in [2.45, 2.75) is 33.7 Å². The Kier molecular flexibility index (Phi) is 4.75. The van der Waals surface area contributed by atoms with E-state index in [0.717, 1.165) is 11.0 Å². The molecule has 0 aliphatic carbocycles. The van der Waals surface area contributed by atoms with Gasteiger partial charge in [0.15, 0.2) is 0 Å². The fourth-order valence-corrected chi connectivity index (χ4v) is 1.99.